The van der Waals surface area contributed by atoms with Crippen molar-refractivity contribution in [2.75, 3.05) is 19.8 Å². The van der Waals surface area contributed by atoms with Crippen molar-refractivity contribution in [2.24, 2.45) is 5.84 Å². The molecule has 3 nitrogen and oxygen atoms in total. The van der Waals surface area contributed by atoms with E-state index in [1.807, 2.05) is 38.4 Å². The molecule has 1 aromatic carbocycles. The van der Waals surface area contributed by atoms with Crippen LogP contribution < -0.4 is 16.2 Å². The molecule has 0 unspecified atom stereocenters. The van der Waals surface area contributed by atoms with Crippen molar-refractivity contribution < 1.29 is 0 Å². The van der Waals surface area contributed by atoms with Crippen molar-refractivity contribution in [2.45, 2.75) is 0 Å². The summed E-state index contributed by atoms with van der Waals surface area (Å²) < 4.78 is 0.271. The zero-order valence-corrected chi connectivity index (χ0v) is 6.91. The Labute approximate surface area is 66.8 Å². The van der Waals surface area contributed by atoms with Gasteiger partial charge in [0.15, 0.2) is 5.69 Å². The molecule has 60 valence electrons. The number of rotatable bonds is 1. The van der Waals surface area contributed by atoms with Crippen LogP contribution in [0.2, 0.25) is 0 Å². The molecule has 0 aromatic heterocycles. The molecule has 0 bridgehead atoms. The second kappa shape index (κ2) is 2.53. The molecule has 0 amide bonds. The van der Waals surface area contributed by atoms with Crippen LogP contribution in [-0.4, -0.2) is 14.1 Å². The number of quaternary nitrogens is 1. The van der Waals surface area contributed by atoms with Gasteiger partial charge in [-0.1, -0.05) is 12.1 Å². The molecule has 0 aliphatic carbocycles. The van der Waals surface area contributed by atoms with Gasteiger partial charge in [-0.25, -0.2) is 4.59 Å². The fourth-order valence-corrected chi connectivity index (χ4v) is 1.01. The standard InChI is InChI=1S/C8H14N3/c1-11(2,10)8-6-4-3-5-7(8)9/h3-6H,9-10H2,1-2H3/q+1. The molecule has 0 fully saturated rings. The van der Waals surface area contributed by atoms with Crippen LogP contribution in [-0.2, 0) is 0 Å². The zero-order valence-electron chi connectivity index (χ0n) is 6.91. The first kappa shape index (κ1) is 8.04. The number of para-hydroxylation sites is 2. The van der Waals surface area contributed by atoms with E-state index >= 15 is 0 Å². The van der Waals surface area contributed by atoms with Crippen LogP contribution in [0.5, 0.6) is 0 Å². The third kappa shape index (κ3) is 1.69. The van der Waals surface area contributed by atoms with E-state index < -0.39 is 0 Å². The SMILES string of the molecule is C[N+](C)(N)c1ccccc1N. The van der Waals surface area contributed by atoms with Crippen LogP contribution in [0.15, 0.2) is 24.3 Å². The smallest absolute Gasteiger partial charge is 0.174 e. The Kier molecular flexibility index (Phi) is 1.85. The van der Waals surface area contributed by atoms with Crippen molar-refractivity contribution in [1.82, 2.24) is 4.59 Å². The van der Waals surface area contributed by atoms with Gasteiger partial charge in [-0.15, -0.1) is 0 Å². The molecule has 0 saturated carbocycles. The Morgan fingerprint density at radius 1 is 1.18 bits per heavy atom. The van der Waals surface area contributed by atoms with Crippen LogP contribution in [0.3, 0.4) is 0 Å². The van der Waals surface area contributed by atoms with Crippen LogP contribution in [0.25, 0.3) is 0 Å². The second-order valence-electron chi connectivity index (χ2n) is 3.10. The average Bonchev–Trinajstić information content (AvgIpc) is 1.86. The highest BCUT2D eigenvalue weighted by atomic mass is 15.5. The zero-order chi connectivity index (χ0) is 8.48. The summed E-state index contributed by atoms with van der Waals surface area (Å²) in [5.74, 6) is 5.82. The van der Waals surface area contributed by atoms with Gasteiger partial charge in [0.2, 0.25) is 0 Å². The lowest BCUT2D eigenvalue weighted by molar-refractivity contribution is 0.420. The molecule has 3 heteroatoms. The van der Waals surface area contributed by atoms with Gasteiger partial charge in [0.25, 0.3) is 0 Å². The number of hydrogen-bond acceptors (Lipinski definition) is 2. The van der Waals surface area contributed by atoms with E-state index in [0.717, 1.165) is 11.4 Å². The summed E-state index contributed by atoms with van der Waals surface area (Å²) >= 11 is 0. The summed E-state index contributed by atoms with van der Waals surface area (Å²) in [5.41, 5.74) is 7.38. The van der Waals surface area contributed by atoms with E-state index in [9.17, 15) is 0 Å². The van der Waals surface area contributed by atoms with E-state index in [4.69, 9.17) is 11.6 Å². The molecule has 0 aliphatic rings. The molecular weight excluding hydrogens is 138 g/mol. The summed E-state index contributed by atoms with van der Waals surface area (Å²) in [5, 5.41) is 0. The first-order chi connectivity index (χ1) is 5.02. The summed E-state index contributed by atoms with van der Waals surface area (Å²) in [6.07, 6.45) is 0. The maximum atomic E-state index is 5.82. The third-order valence-electron chi connectivity index (χ3n) is 1.56. The molecule has 0 atom stereocenters. The van der Waals surface area contributed by atoms with Gasteiger partial charge in [0.1, 0.15) is 0 Å². The second-order valence-corrected chi connectivity index (χ2v) is 3.10. The maximum absolute atomic E-state index is 5.82. The molecule has 0 saturated heterocycles. The Balaban J connectivity index is 3.14. The third-order valence-corrected chi connectivity index (χ3v) is 1.56. The van der Waals surface area contributed by atoms with Crippen LogP contribution in [0.4, 0.5) is 11.4 Å². The van der Waals surface area contributed by atoms with Gasteiger partial charge in [0.05, 0.1) is 19.8 Å². The number of hydrogen-bond donors (Lipinski definition) is 2. The fourth-order valence-electron chi connectivity index (χ4n) is 1.01. The van der Waals surface area contributed by atoms with E-state index in [1.54, 1.807) is 0 Å². The van der Waals surface area contributed by atoms with Crippen molar-refractivity contribution in [3.8, 4) is 0 Å². The van der Waals surface area contributed by atoms with Gasteiger partial charge in [-0.3, -0.25) is 0 Å². The maximum Gasteiger partial charge on any atom is 0.174 e. The lowest BCUT2D eigenvalue weighted by Gasteiger charge is -2.22. The largest absolute Gasteiger partial charge is 0.394 e. The molecule has 0 aliphatic heterocycles. The minimum absolute atomic E-state index is 0.271. The van der Waals surface area contributed by atoms with E-state index in [-0.39, 0.29) is 4.59 Å². The summed E-state index contributed by atoms with van der Waals surface area (Å²) in [6, 6.07) is 7.60. The van der Waals surface area contributed by atoms with Crippen LogP contribution >= 0.6 is 0 Å². The Bertz CT molecular complexity index is 250. The monoisotopic (exact) mass is 152 g/mol. The molecule has 11 heavy (non-hydrogen) atoms. The van der Waals surface area contributed by atoms with Gasteiger partial charge in [-0.2, -0.15) is 5.84 Å². The molecule has 0 spiro atoms. The summed E-state index contributed by atoms with van der Waals surface area (Å²) in [4.78, 5) is 0. The number of nitrogens with zero attached hydrogens (tertiary/aromatic N) is 1. The Morgan fingerprint density at radius 2 is 1.73 bits per heavy atom. The number of nitrogens with two attached hydrogens (primary N) is 2. The van der Waals surface area contributed by atoms with Gasteiger partial charge in [0, 0.05) is 6.07 Å². The number of anilines is 1. The fraction of sp³-hybridized carbons (Fsp3) is 0.250. The molecule has 1 rings (SSSR count). The van der Waals surface area contributed by atoms with Gasteiger partial charge >= 0.3 is 0 Å². The van der Waals surface area contributed by atoms with Crippen molar-refractivity contribution in [3.63, 3.8) is 0 Å². The molecule has 4 N–H and O–H groups in total. The van der Waals surface area contributed by atoms with Crippen molar-refractivity contribution >= 4 is 11.4 Å². The Hall–Kier alpha value is -1.06. The van der Waals surface area contributed by atoms with Gasteiger partial charge < -0.3 is 5.73 Å². The molecule has 1 aromatic rings. The predicted molar refractivity (Wildman–Crippen MR) is 48.7 cm³/mol. The first-order valence-electron chi connectivity index (χ1n) is 3.49. The minimum Gasteiger partial charge on any atom is -0.394 e. The van der Waals surface area contributed by atoms with Crippen LogP contribution in [0, 0.1) is 0 Å². The van der Waals surface area contributed by atoms with E-state index in [1.165, 1.54) is 0 Å². The van der Waals surface area contributed by atoms with Crippen molar-refractivity contribution in [1.29, 1.82) is 0 Å². The lowest BCUT2D eigenvalue weighted by atomic mass is 10.2. The summed E-state index contributed by atoms with van der Waals surface area (Å²) in [6.45, 7) is 0. The summed E-state index contributed by atoms with van der Waals surface area (Å²) in [7, 11) is 3.76. The molecule has 0 heterocycles. The molecule has 0 radical (unpaired) electrons. The van der Waals surface area contributed by atoms with Crippen molar-refractivity contribution in [3.05, 3.63) is 24.3 Å². The number of nitrogen functional groups attached to an aromatic ring is 1. The predicted octanol–water partition coefficient (Wildman–Crippen LogP) is 0.709. The Morgan fingerprint density at radius 3 is 2.09 bits per heavy atom. The highest BCUT2D eigenvalue weighted by Crippen LogP contribution is 2.22. The number of benzene rings is 1. The lowest BCUT2D eigenvalue weighted by Crippen LogP contribution is -2.48. The van der Waals surface area contributed by atoms with E-state index in [0.29, 0.717) is 0 Å². The topological polar surface area (TPSA) is 52.0 Å². The first-order valence-corrected chi connectivity index (χ1v) is 3.49. The van der Waals surface area contributed by atoms with E-state index in [2.05, 4.69) is 0 Å². The van der Waals surface area contributed by atoms with Crippen LogP contribution in [0.1, 0.15) is 0 Å². The van der Waals surface area contributed by atoms with Gasteiger partial charge in [-0.05, 0) is 6.07 Å². The normalized spacial score (nSPS) is 11.5. The highest BCUT2D eigenvalue weighted by molar-refractivity contribution is 5.63. The highest BCUT2D eigenvalue weighted by Gasteiger charge is 2.15. The minimum atomic E-state index is 0.271. The average molecular weight is 152 g/mol. The molecular formula is C8H14N3+. The quantitative estimate of drug-likeness (QED) is 0.269.